The minimum Gasteiger partial charge on any atom is -0.192 e. The van der Waals surface area contributed by atoms with E-state index < -0.39 is 0 Å². The van der Waals surface area contributed by atoms with E-state index in [0.717, 1.165) is 28.5 Å². The van der Waals surface area contributed by atoms with Crippen molar-refractivity contribution < 1.29 is 0 Å². The van der Waals surface area contributed by atoms with E-state index in [4.69, 9.17) is 5.26 Å². The summed E-state index contributed by atoms with van der Waals surface area (Å²) in [6.07, 6.45) is 20.4. The minimum absolute atomic E-state index is 0.779. The molecular formula is C26H37NS2. The molecule has 0 unspecified atom stereocenters. The van der Waals surface area contributed by atoms with Crippen LogP contribution in [0.1, 0.15) is 112 Å². The highest BCUT2D eigenvalue weighted by Gasteiger charge is 2.31. The Bertz CT molecular complexity index is 763. The third kappa shape index (κ3) is 5.45. The van der Waals surface area contributed by atoms with E-state index in [1.54, 1.807) is 16.2 Å². The van der Waals surface area contributed by atoms with Crippen LogP contribution in [0.3, 0.4) is 0 Å². The molecule has 4 rings (SSSR count). The largest absolute Gasteiger partial charge is 0.192 e. The lowest BCUT2D eigenvalue weighted by molar-refractivity contribution is 0.156. The van der Waals surface area contributed by atoms with Gasteiger partial charge in [0.15, 0.2) is 0 Å². The third-order valence-corrected chi connectivity index (χ3v) is 10.1. The van der Waals surface area contributed by atoms with Gasteiger partial charge in [0.1, 0.15) is 10.9 Å². The molecule has 0 atom stereocenters. The Hall–Kier alpha value is -0.850. The van der Waals surface area contributed by atoms with Gasteiger partial charge in [0, 0.05) is 14.3 Å². The molecule has 1 nitrogen and oxygen atoms in total. The predicted molar refractivity (Wildman–Crippen MR) is 128 cm³/mol. The molecule has 0 aliphatic heterocycles. The summed E-state index contributed by atoms with van der Waals surface area (Å²) in [5.74, 6) is 3.85. The molecule has 2 aromatic heterocycles. The van der Waals surface area contributed by atoms with Crippen LogP contribution >= 0.6 is 22.7 Å². The third-order valence-electron chi connectivity index (χ3n) is 7.78. The molecule has 0 N–H and O–H groups in total. The summed E-state index contributed by atoms with van der Waals surface area (Å²) in [6.45, 7) is 2.31. The fourth-order valence-corrected chi connectivity index (χ4v) is 8.34. The summed E-state index contributed by atoms with van der Waals surface area (Å²) in [7, 11) is 0. The molecule has 2 fully saturated rings. The second-order valence-electron chi connectivity index (χ2n) is 9.70. The maximum absolute atomic E-state index is 9.08. The molecule has 2 aliphatic rings. The first-order valence-corrected chi connectivity index (χ1v) is 13.8. The van der Waals surface area contributed by atoms with Gasteiger partial charge in [-0.25, -0.2) is 0 Å². The Labute approximate surface area is 185 Å². The van der Waals surface area contributed by atoms with Gasteiger partial charge in [-0.05, 0) is 74.3 Å². The Balaban J connectivity index is 1.19. The minimum atomic E-state index is 0.779. The first kappa shape index (κ1) is 21.4. The molecule has 2 aromatic rings. The molecule has 2 saturated carbocycles. The molecule has 0 radical (unpaired) electrons. The number of fused-ring (bicyclic) bond motifs is 1. The highest BCUT2D eigenvalue weighted by atomic mass is 32.1. The Kier molecular flexibility index (Phi) is 7.71. The molecular weight excluding hydrogens is 390 g/mol. The van der Waals surface area contributed by atoms with Crippen LogP contribution in [-0.2, 0) is 0 Å². The number of thiophene rings is 2. The van der Waals surface area contributed by atoms with Crippen molar-refractivity contribution in [3.8, 4) is 6.07 Å². The molecule has 29 heavy (non-hydrogen) atoms. The average molecular weight is 428 g/mol. The van der Waals surface area contributed by atoms with E-state index in [1.165, 1.54) is 99.3 Å². The van der Waals surface area contributed by atoms with Crippen molar-refractivity contribution in [1.82, 2.24) is 0 Å². The van der Waals surface area contributed by atoms with Crippen molar-refractivity contribution in [3.05, 3.63) is 21.9 Å². The van der Waals surface area contributed by atoms with Gasteiger partial charge >= 0.3 is 0 Å². The second-order valence-corrected chi connectivity index (χ2v) is 11.9. The Morgan fingerprint density at radius 1 is 0.828 bits per heavy atom. The van der Waals surface area contributed by atoms with Crippen LogP contribution in [-0.4, -0.2) is 0 Å². The van der Waals surface area contributed by atoms with Gasteiger partial charge < -0.3 is 0 Å². The van der Waals surface area contributed by atoms with Crippen LogP contribution < -0.4 is 0 Å². The van der Waals surface area contributed by atoms with E-state index in [0.29, 0.717) is 0 Å². The number of nitrogens with zero attached hydrogens (tertiary/aromatic N) is 1. The molecule has 3 heteroatoms. The maximum Gasteiger partial charge on any atom is 0.110 e. The SMILES string of the molecule is CCCCCCCC1CCC(C2CCC(c3cc4sc(C#N)cc4s3)CC2)CC1. The lowest BCUT2D eigenvalue weighted by Gasteiger charge is -2.37. The molecule has 158 valence electrons. The van der Waals surface area contributed by atoms with Gasteiger partial charge in [0.05, 0.1) is 0 Å². The highest BCUT2D eigenvalue weighted by Crippen LogP contribution is 2.47. The average Bonchev–Trinajstić information content (AvgIpc) is 3.33. The van der Waals surface area contributed by atoms with Gasteiger partial charge in [-0.3, -0.25) is 0 Å². The first-order chi connectivity index (χ1) is 14.3. The van der Waals surface area contributed by atoms with E-state index in [9.17, 15) is 0 Å². The van der Waals surface area contributed by atoms with Crippen LogP contribution in [0.4, 0.5) is 0 Å². The van der Waals surface area contributed by atoms with E-state index in [1.807, 2.05) is 11.3 Å². The molecule has 0 amide bonds. The van der Waals surface area contributed by atoms with Crippen LogP contribution in [0.5, 0.6) is 0 Å². The predicted octanol–water partition coefficient (Wildman–Crippen LogP) is 9.28. The number of unbranched alkanes of at least 4 members (excludes halogenated alkanes) is 4. The van der Waals surface area contributed by atoms with Gasteiger partial charge in [-0.15, -0.1) is 22.7 Å². The zero-order chi connectivity index (χ0) is 20.1. The molecule has 0 spiro atoms. The summed E-state index contributed by atoms with van der Waals surface area (Å²) < 4.78 is 2.66. The maximum atomic E-state index is 9.08. The second kappa shape index (κ2) is 10.5. The number of rotatable bonds is 8. The van der Waals surface area contributed by atoms with Crippen molar-refractivity contribution in [2.45, 2.75) is 103 Å². The van der Waals surface area contributed by atoms with Crippen molar-refractivity contribution in [1.29, 1.82) is 5.26 Å². The summed E-state index contributed by atoms with van der Waals surface area (Å²) in [5.41, 5.74) is 0. The Morgan fingerprint density at radius 2 is 1.48 bits per heavy atom. The number of hydrogen-bond acceptors (Lipinski definition) is 3. The summed E-state index contributed by atoms with van der Waals surface area (Å²) >= 11 is 3.61. The van der Waals surface area contributed by atoms with Gasteiger partial charge in [0.2, 0.25) is 0 Å². The fourth-order valence-electron chi connectivity index (χ4n) is 5.97. The van der Waals surface area contributed by atoms with E-state index in [2.05, 4.69) is 25.1 Å². The molecule has 2 heterocycles. The molecule has 0 aromatic carbocycles. The fraction of sp³-hybridized carbons (Fsp3) is 0.731. The number of nitriles is 1. The van der Waals surface area contributed by atoms with E-state index >= 15 is 0 Å². The molecule has 0 saturated heterocycles. The van der Waals surface area contributed by atoms with Gasteiger partial charge in [-0.2, -0.15) is 5.26 Å². The van der Waals surface area contributed by atoms with Crippen molar-refractivity contribution in [2.24, 2.45) is 17.8 Å². The summed E-state index contributed by atoms with van der Waals surface area (Å²) in [5, 5.41) is 9.08. The normalized spacial score (nSPS) is 27.9. The standard InChI is InChI=1S/C26H37NS2/c1-2-3-4-5-6-7-19-8-10-20(11-9-19)21-12-14-22(15-13-21)24-17-26-25(29-24)16-23(18-27)28-26/h16-17,19-22H,2-15H2,1H3. The quantitative estimate of drug-likeness (QED) is 0.385. The van der Waals surface area contributed by atoms with Crippen molar-refractivity contribution >= 4 is 32.1 Å². The van der Waals surface area contributed by atoms with Gasteiger partial charge in [-0.1, -0.05) is 58.3 Å². The topological polar surface area (TPSA) is 23.8 Å². The lowest BCUT2D eigenvalue weighted by Crippen LogP contribution is -2.25. The monoisotopic (exact) mass is 427 g/mol. The summed E-state index contributed by atoms with van der Waals surface area (Å²) in [4.78, 5) is 2.44. The highest BCUT2D eigenvalue weighted by molar-refractivity contribution is 7.28. The zero-order valence-corrected chi connectivity index (χ0v) is 19.8. The van der Waals surface area contributed by atoms with Crippen molar-refractivity contribution in [2.75, 3.05) is 0 Å². The van der Waals surface area contributed by atoms with E-state index in [-0.39, 0.29) is 0 Å². The first-order valence-electron chi connectivity index (χ1n) is 12.2. The zero-order valence-electron chi connectivity index (χ0n) is 18.1. The van der Waals surface area contributed by atoms with Crippen LogP contribution in [0.2, 0.25) is 0 Å². The smallest absolute Gasteiger partial charge is 0.110 e. The van der Waals surface area contributed by atoms with Crippen LogP contribution in [0.15, 0.2) is 12.1 Å². The van der Waals surface area contributed by atoms with Crippen LogP contribution in [0, 0.1) is 29.1 Å². The molecule has 0 bridgehead atoms. The molecule has 2 aliphatic carbocycles. The lowest BCUT2D eigenvalue weighted by atomic mass is 9.68. The summed E-state index contributed by atoms with van der Waals surface area (Å²) in [6, 6.07) is 6.77. The van der Waals surface area contributed by atoms with Crippen molar-refractivity contribution in [3.63, 3.8) is 0 Å². The van der Waals surface area contributed by atoms with Crippen LogP contribution in [0.25, 0.3) is 9.40 Å². The Morgan fingerprint density at radius 3 is 2.14 bits per heavy atom. The number of hydrogen-bond donors (Lipinski definition) is 0. The van der Waals surface area contributed by atoms with Gasteiger partial charge in [0.25, 0.3) is 0 Å².